The molecule has 0 bridgehead atoms. The van der Waals surface area contributed by atoms with Crippen molar-refractivity contribution in [1.82, 2.24) is 10.2 Å². The average Bonchev–Trinajstić information content (AvgIpc) is 3.11. The molecule has 0 aliphatic heterocycles. The van der Waals surface area contributed by atoms with Gasteiger partial charge in [-0.3, -0.25) is 4.79 Å². The van der Waals surface area contributed by atoms with Crippen LogP contribution in [-0.4, -0.2) is 54.2 Å². The Morgan fingerprint density at radius 1 is 1.00 bits per heavy atom. The number of ether oxygens (including phenoxy) is 1. The van der Waals surface area contributed by atoms with Crippen LogP contribution in [0.3, 0.4) is 0 Å². The van der Waals surface area contributed by atoms with Crippen LogP contribution >= 0.6 is 0 Å². The Labute approximate surface area is 188 Å². The molecule has 7 nitrogen and oxygen atoms in total. The van der Waals surface area contributed by atoms with E-state index < -0.39 is 24.0 Å². The predicted octanol–water partition coefficient (Wildman–Crippen LogP) is 3.87. The number of likely N-dealkylation sites (N-methyl/N-ethyl adjacent to an activating group) is 1. The van der Waals surface area contributed by atoms with Gasteiger partial charge in [0.1, 0.15) is 12.6 Å². The fraction of sp³-hybridized carbons (Fsp3) is 0.400. The first-order chi connectivity index (χ1) is 15.4. The van der Waals surface area contributed by atoms with Crippen LogP contribution in [0.1, 0.15) is 43.7 Å². The molecule has 0 saturated carbocycles. The number of carbonyl (C=O) groups is 3. The van der Waals surface area contributed by atoms with Crippen LogP contribution < -0.4 is 5.32 Å². The Bertz CT molecular complexity index is 944. The van der Waals surface area contributed by atoms with E-state index in [1.54, 1.807) is 6.92 Å². The van der Waals surface area contributed by atoms with Crippen LogP contribution in [0.15, 0.2) is 48.5 Å². The quantitative estimate of drug-likeness (QED) is 0.620. The van der Waals surface area contributed by atoms with Gasteiger partial charge in [-0.1, -0.05) is 62.4 Å². The summed E-state index contributed by atoms with van der Waals surface area (Å²) in [4.78, 5) is 37.7. The Kier molecular flexibility index (Phi) is 7.51. The van der Waals surface area contributed by atoms with Gasteiger partial charge in [-0.05, 0) is 35.1 Å². The molecule has 0 radical (unpaired) electrons. The van der Waals surface area contributed by atoms with Gasteiger partial charge in [-0.25, -0.2) is 9.59 Å². The summed E-state index contributed by atoms with van der Waals surface area (Å²) in [7, 11) is 1.49. The second kappa shape index (κ2) is 10.3. The van der Waals surface area contributed by atoms with E-state index in [0.29, 0.717) is 12.8 Å². The Morgan fingerprint density at radius 2 is 1.56 bits per heavy atom. The molecule has 7 heteroatoms. The first kappa shape index (κ1) is 23.3. The van der Waals surface area contributed by atoms with E-state index in [1.165, 1.54) is 11.9 Å². The number of rotatable bonds is 9. The molecule has 0 aromatic heterocycles. The summed E-state index contributed by atoms with van der Waals surface area (Å²) >= 11 is 0. The molecule has 0 saturated heterocycles. The molecule has 2 atom stereocenters. The summed E-state index contributed by atoms with van der Waals surface area (Å²) in [6, 6.07) is 15.3. The zero-order valence-electron chi connectivity index (χ0n) is 18.7. The van der Waals surface area contributed by atoms with E-state index in [-0.39, 0.29) is 25.0 Å². The lowest BCUT2D eigenvalue weighted by molar-refractivity contribution is -0.150. The number of carboxylic acids is 1. The Hall–Kier alpha value is -3.35. The van der Waals surface area contributed by atoms with E-state index in [4.69, 9.17) is 4.74 Å². The number of benzene rings is 2. The van der Waals surface area contributed by atoms with Crippen molar-refractivity contribution in [2.45, 2.75) is 38.6 Å². The van der Waals surface area contributed by atoms with Crippen molar-refractivity contribution < 1.29 is 24.2 Å². The van der Waals surface area contributed by atoms with Crippen LogP contribution in [0, 0.1) is 5.92 Å². The third-order valence-corrected chi connectivity index (χ3v) is 6.17. The highest BCUT2D eigenvalue weighted by Gasteiger charge is 2.31. The molecule has 2 N–H and O–H groups in total. The van der Waals surface area contributed by atoms with Gasteiger partial charge in [0.15, 0.2) is 0 Å². The molecular weight excluding hydrogens is 408 g/mol. The zero-order valence-corrected chi connectivity index (χ0v) is 18.7. The van der Waals surface area contributed by atoms with E-state index in [2.05, 4.69) is 29.6 Å². The number of hydrogen-bond acceptors (Lipinski definition) is 4. The maximum atomic E-state index is 12.7. The van der Waals surface area contributed by atoms with Crippen molar-refractivity contribution in [3.63, 3.8) is 0 Å². The van der Waals surface area contributed by atoms with Crippen molar-refractivity contribution in [2.75, 3.05) is 20.2 Å². The molecule has 2 unspecified atom stereocenters. The highest BCUT2D eigenvalue weighted by atomic mass is 16.5. The molecule has 1 aliphatic carbocycles. The highest BCUT2D eigenvalue weighted by molar-refractivity contribution is 5.85. The molecule has 2 amide bonds. The first-order valence-corrected chi connectivity index (χ1v) is 11.0. The number of nitrogens with zero attached hydrogens (tertiary/aromatic N) is 1. The van der Waals surface area contributed by atoms with E-state index in [0.717, 1.165) is 22.3 Å². The van der Waals surface area contributed by atoms with Crippen LogP contribution in [0.25, 0.3) is 11.1 Å². The smallest absolute Gasteiger partial charge is 0.407 e. The number of hydrogen-bond donors (Lipinski definition) is 2. The summed E-state index contributed by atoms with van der Waals surface area (Å²) in [6.07, 6.45) is 0.197. The minimum absolute atomic E-state index is 0.0382. The van der Waals surface area contributed by atoms with Crippen molar-refractivity contribution >= 4 is 18.0 Å². The fourth-order valence-corrected chi connectivity index (χ4v) is 4.32. The lowest BCUT2D eigenvalue weighted by Crippen LogP contribution is -2.47. The van der Waals surface area contributed by atoms with Crippen molar-refractivity contribution in [3.8, 4) is 11.1 Å². The fourth-order valence-electron chi connectivity index (χ4n) is 4.32. The minimum Gasteiger partial charge on any atom is -0.480 e. The number of aliphatic carboxylic acids is 1. The molecule has 2 aromatic carbocycles. The van der Waals surface area contributed by atoms with Gasteiger partial charge in [0.05, 0.1) is 5.92 Å². The number of fused-ring (bicyclic) bond motifs is 3. The molecule has 0 spiro atoms. The van der Waals surface area contributed by atoms with Gasteiger partial charge < -0.3 is 20.1 Å². The zero-order chi connectivity index (χ0) is 23.3. The van der Waals surface area contributed by atoms with Crippen LogP contribution in [0.2, 0.25) is 0 Å². The van der Waals surface area contributed by atoms with Gasteiger partial charge in [0, 0.05) is 19.5 Å². The number of nitrogens with one attached hydrogen (secondary N) is 1. The molecule has 3 rings (SSSR count). The molecule has 1 aliphatic rings. The van der Waals surface area contributed by atoms with Crippen molar-refractivity contribution in [1.29, 1.82) is 0 Å². The highest BCUT2D eigenvalue weighted by Crippen LogP contribution is 2.44. The Morgan fingerprint density at radius 3 is 2.06 bits per heavy atom. The average molecular weight is 439 g/mol. The third kappa shape index (κ3) is 4.77. The molecule has 0 heterocycles. The molecule has 2 aromatic rings. The number of carbonyl (C=O) groups excluding carboxylic acids is 2. The molecule has 32 heavy (non-hydrogen) atoms. The van der Waals surface area contributed by atoms with Gasteiger partial charge in [-0.15, -0.1) is 0 Å². The SMILES string of the molecule is CCC(CNC(=O)OCC1c2ccccc2-c2ccccc21)C(=O)N(C)C(CC)C(=O)O. The van der Waals surface area contributed by atoms with Gasteiger partial charge in [-0.2, -0.15) is 0 Å². The Balaban J connectivity index is 1.58. The molecule has 170 valence electrons. The maximum absolute atomic E-state index is 12.7. The van der Waals surface area contributed by atoms with Gasteiger partial charge in [0.2, 0.25) is 5.91 Å². The largest absolute Gasteiger partial charge is 0.480 e. The van der Waals surface area contributed by atoms with E-state index in [9.17, 15) is 19.5 Å². The summed E-state index contributed by atoms with van der Waals surface area (Å²) < 4.78 is 5.51. The van der Waals surface area contributed by atoms with Crippen molar-refractivity contribution in [3.05, 3.63) is 59.7 Å². The summed E-state index contributed by atoms with van der Waals surface area (Å²) in [5, 5.41) is 12.0. The predicted molar refractivity (Wildman–Crippen MR) is 121 cm³/mol. The summed E-state index contributed by atoms with van der Waals surface area (Å²) in [6.45, 7) is 3.84. The molecule has 0 fully saturated rings. The van der Waals surface area contributed by atoms with Gasteiger partial charge >= 0.3 is 12.1 Å². The molecular formula is C25H30N2O5. The van der Waals surface area contributed by atoms with E-state index in [1.807, 2.05) is 31.2 Å². The standard InChI is InChI=1S/C25H30N2O5/c1-4-16(23(28)27(3)22(5-2)24(29)30)14-26-25(31)32-15-21-19-12-8-6-10-17(19)18-11-7-9-13-20(18)21/h6-13,16,21-22H,4-5,14-15H2,1-3H3,(H,26,31)(H,29,30). The van der Waals surface area contributed by atoms with E-state index >= 15 is 0 Å². The topological polar surface area (TPSA) is 95.9 Å². The van der Waals surface area contributed by atoms with Crippen LogP contribution in [0.4, 0.5) is 4.79 Å². The lowest BCUT2D eigenvalue weighted by Gasteiger charge is -2.27. The third-order valence-electron chi connectivity index (χ3n) is 6.17. The van der Waals surface area contributed by atoms with Crippen molar-refractivity contribution in [2.24, 2.45) is 5.92 Å². The van der Waals surface area contributed by atoms with Gasteiger partial charge in [0.25, 0.3) is 0 Å². The number of alkyl carbamates (subject to hydrolysis) is 1. The number of amides is 2. The summed E-state index contributed by atoms with van der Waals surface area (Å²) in [5.41, 5.74) is 4.56. The number of carboxylic acid groups (broad SMARTS) is 1. The second-order valence-corrected chi connectivity index (χ2v) is 8.02. The summed E-state index contributed by atoms with van der Waals surface area (Å²) in [5.74, 6) is -1.90. The first-order valence-electron chi connectivity index (χ1n) is 11.0. The van der Waals surface area contributed by atoms with Crippen LogP contribution in [-0.2, 0) is 14.3 Å². The second-order valence-electron chi connectivity index (χ2n) is 8.02. The monoisotopic (exact) mass is 438 g/mol. The minimum atomic E-state index is -1.04. The maximum Gasteiger partial charge on any atom is 0.407 e. The lowest BCUT2D eigenvalue weighted by atomic mass is 9.98. The van der Waals surface area contributed by atoms with Crippen LogP contribution in [0.5, 0.6) is 0 Å². The normalized spacial score (nSPS) is 14.1.